The van der Waals surface area contributed by atoms with E-state index in [1.54, 1.807) is 6.07 Å². The van der Waals surface area contributed by atoms with Crippen LogP contribution >= 0.6 is 0 Å². The minimum absolute atomic E-state index is 0.0396. The number of rotatable bonds is 4. The minimum Gasteiger partial charge on any atom is -0.384 e. The van der Waals surface area contributed by atoms with E-state index in [0.29, 0.717) is 17.3 Å². The molecule has 1 saturated heterocycles. The number of nitrogen functional groups attached to an aromatic ring is 1. The monoisotopic (exact) mass is 290 g/mol. The summed E-state index contributed by atoms with van der Waals surface area (Å²) < 4.78 is 0. The summed E-state index contributed by atoms with van der Waals surface area (Å²) in [6, 6.07) is 3.52. The first-order chi connectivity index (χ1) is 9.99. The van der Waals surface area contributed by atoms with Crippen molar-refractivity contribution in [3.63, 3.8) is 0 Å². The van der Waals surface area contributed by atoms with Gasteiger partial charge in [0.1, 0.15) is 5.82 Å². The number of likely N-dealkylation sites (tertiary alicyclic amines) is 1. The maximum atomic E-state index is 12.5. The van der Waals surface area contributed by atoms with Gasteiger partial charge in [-0.3, -0.25) is 4.79 Å². The highest BCUT2D eigenvalue weighted by Gasteiger charge is 2.21. The number of nitrogens with two attached hydrogens (primary N) is 1. The molecule has 2 N–H and O–H groups in total. The van der Waals surface area contributed by atoms with Gasteiger partial charge in [0.2, 0.25) is 0 Å². The van der Waals surface area contributed by atoms with E-state index in [1.807, 2.05) is 24.9 Å². The topological polar surface area (TPSA) is 62.5 Å². The molecule has 5 heteroatoms. The van der Waals surface area contributed by atoms with Crippen molar-refractivity contribution in [2.45, 2.75) is 26.2 Å². The lowest BCUT2D eigenvalue weighted by Gasteiger charge is -2.31. The highest BCUT2D eigenvalue weighted by molar-refractivity contribution is 5.94. The van der Waals surface area contributed by atoms with Gasteiger partial charge >= 0.3 is 0 Å². The third-order valence-electron chi connectivity index (χ3n) is 4.22. The van der Waals surface area contributed by atoms with Gasteiger partial charge in [0.05, 0.1) is 0 Å². The second-order valence-electron chi connectivity index (χ2n) is 6.06. The molecule has 1 aromatic rings. The molecule has 0 radical (unpaired) electrons. The Bertz CT molecular complexity index is 495. The second kappa shape index (κ2) is 6.89. The molecule has 0 saturated carbocycles. The van der Waals surface area contributed by atoms with Crippen molar-refractivity contribution in [2.24, 2.45) is 5.92 Å². The summed E-state index contributed by atoms with van der Waals surface area (Å²) >= 11 is 0. The number of anilines is 1. The molecular formula is C16H26N4O. The molecule has 1 aromatic heterocycles. The predicted molar refractivity (Wildman–Crippen MR) is 85.2 cm³/mol. The standard InChI is InChI=1S/C16H26N4O/c1-4-14-9-13(10-15(17)18-14)16(21)20(3)11-12-5-7-19(2)8-6-12/h9-10,12H,4-8,11H2,1-3H3,(H2,17,18). The van der Waals surface area contributed by atoms with Crippen LogP contribution in [-0.2, 0) is 6.42 Å². The first-order valence-electron chi connectivity index (χ1n) is 7.70. The van der Waals surface area contributed by atoms with E-state index < -0.39 is 0 Å². The number of aryl methyl sites for hydroxylation is 1. The largest absolute Gasteiger partial charge is 0.384 e. The van der Waals surface area contributed by atoms with Gasteiger partial charge < -0.3 is 15.5 Å². The van der Waals surface area contributed by atoms with E-state index in [1.165, 1.54) is 0 Å². The van der Waals surface area contributed by atoms with Gasteiger partial charge in [-0.05, 0) is 57.5 Å². The summed E-state index contributed by atoms with van der Waals surface area (Å²) in [5, 5.41) is 0. The highest BCUT2D eigenvalue weighted by Crippen LogP contribution is 2.18. The first-order valence-corrected chi connectivity index (χ1v) is 7.70. The van der Waals surface area contributed by atoms with Crippen LogP contribution in [0, 0.1) is 5.92 Å². The van der Waals surface area contributed by atoms with E-state index in [2.05, 4.69) is 16.9 Å². The number of hydrogen-bond donors (Lipinski definition) is 1. The Morgan fingerprint density at radius 1 is 1.43 bits per heavy atom. The van der Waals surface area contributed by atoms with Crippen molar-refractivity contribution in [3.05, 3.63) is 23.4 Å². The molecule has 1 fully saturated rings. The van der Waals surface area contributed by atoms with Gasteiger partial charge in [-0.2, -0.15) is 0 Å². The van der Waals surface area contributed by atoms with Crippen LogP contribution in [0.25, 0.3) is 0 Å². The van der Waals surface area contributed by atoms with E-state index in [4.69, 9.17) is 5.73 Å². The number of nitrogens with zero attached hydrogens (tertiary/aromatic N) is 3. The maximum Gasteiger partial charge on any atom is 0.253 e. The van der Waals surface area contributed by atoms with Gasteiger partial charge in [-0.15, -0.1) is 0 Å². The second-order valence-corrected chi connectivity index (χ2v) is 6.06. The van der Waals surface area contributed by atoms with Crippen molar-refractivity contribution in [2.75, 3.05) is 39.5 Å². The summed E-state index contributed by atoms with van der Waals surface area (Å²) in [4.78, 5) is 20.9. The maximum absolute atomic E-state index is 12.5. The molecule has 0 atom stereocenters. The van der Waals surface area contributed by atoms with Crippen molar-refractivity contribution in [3.8, 4) is 0 Å². The Hall–Kier alpha value is -1.62. The molecule has 2 rings (SSSR count). The van der Waals surface area contributed by atoms with Crippen LogP contribution in [0.5, 0.6) is 0 Å². The number of hydrogen-bond acceptors (Lipinski definition) is 4. The Morgan fingerprint density at radius 3 is 2.71 bits per heavy atom. The minimum atomic E-state index is 0.0396. The Labute approximate surface area is 127 Å². The quantitative estimate of drug-likeness (QED) is 0.915. The first kappa shape index (κ1) is 15.8. The summed E-state index contributed by atoms with van der Waals surface area (Å²) in [5.74, 6) is 1.06. The fraction of sp³-hybridized carbons (Fsp3) is 0.625. The van der Waals surface area contributed by atoms with Crippen LogP contribution in [0.15, 0.2) is 12.1 Å². The van der Waals surface area contributed by atoms with E-state index in [-0.39, 0.29) is 5.91 Å². The molecule has 116 valence electrons. The van der Waals surface area contributed by atoms with Crippen LogP contribution in [0.1, 0.15) is 35.8 Å². The summed E-state index contributed by atoms with van der Waals surface area (Å²) in [5.41, 5.74) is 7.30. The smallest absolute Gasteiger partial charge is 0.253 e. The van der Waals surface area contributed by atoms with E-state index in [0.717, 1.165) is 44.6 Å². The van der Waals surface area contributed by atoms with Crippen LogP contribution in [0.2, 0.25) is 0 Å². The molecule has 0 bridgehead atoms. The SMILES string of the molecule is CCc1cc(C(=O)N(C)CC2CCN(C)CC2)cc(N)n1. The predicted octanol–water partition coefficient (Wildman–Crippen LogP) is 1.64. The average molecular weight is 290 g/mol. The molecule has 1 aliphatic heterocycles. The third-order valence-corrected chi connectivity index (χ3v) is 4.22. The lowest BCUT2D eigenvalue weighted by molar-refractivity contribution is 0.0747. The van der Waals surface area contributed by atoms with Crippen molar-refractivity contribution in [1.29, 1.82) is 0 Å². The summed E-state index contributed by atoms with van der Waals surface area (Å²) in [6.07, 6.45) is 3.10. The molecule has 0 aromatic carbocycles. The molecule has 1 amide bonds. The molecule has 1 aliphatic rings. The van der Waals surface area contributed by atoms with Crippen LogP contribution < -0.4 is 5.73 Å². The van der Waals surface area contributed by atoms with Gasteiger partial charge in [0.25, 0.3) is 5.91 Å². The van der Waals surface area contributed by atoms with Gasteiger partial charge in [-0.1, -0.05) is 6.92 Å². The Kier molecular flexibility index (Phi) is 5.17. The molecule has 5 nitrogen and oxygen atoms in total. The van der Waals surface area contributed by atoms with Crippen molar-refractivity contribution in [1.82, 2.24) is 14.8 Å². The number of carbonyl (C=O) groups excluding carboxylic acids is 1. The van der Waals surface area contributed by atoms with Gasteiger partial charge in [-0.25, -0.2) is 4.98 Å². The number of amides is 1. The fourth-order valence-electron chi connectivity index (χ4n) is 2.85. The molecule has 21 heavy (non-hydrogen) atoms. The van der Waals surface area contributed by atoms with Gasteiger partial charge in [0.15, 0.2) is 0 Å². The zero-order valence-electron chi connectivity index (χ0n) is 13.3. The Morgan fingerprint density at radius 2 is 2.10 bits per heavy atom. The van der Waals surface area contributed by atoms with Crippen molar-refractivity contribution >= 4 is 11.7 Å². The number of piperidine rings is 1. The molecule has 2 heterocycles. The number of aromatic nitrogens is 1. The number of carbonyl (C=O) groups is 1. The van der Waals surface area contributed by atoms with Crippen LogP contribution in [0.4, 0.5) is 5.82 Å². The summed E-state index contributed by atoms with van der Waals surface area (Å²) in [7, 11) is 4.03. The van der Waals surface area contributed by atoms with Crippen LogP contribution in [-0.4, -0.2) is 54.4 Å². The highest BCUT2D eigenvalue weighted by atomic mass is 16.2. The zero-order valence-corrected chi connectivity index (χ0v) is 13.3. The molecular weight excluding hydrogens is 264 g/mol. The molecule has 0 unspecified atom stereocenters. The number of pyridine rings is 1. The lowest BCUT2D eigenvalue weighted by atomic mass is 9.96. The molecule has 0 spiro atoms. The van der Waals surface area contributed by atoms with Gasteiger partial charge in [0, 0.05) is 24.8 Å². The zero-order chi connectivity index (χ0) is 15.4. The van der Waals surface area contributed by atoms with Crippen LogP contribution in [0.3, 0.4) is 0 Å². The van der Waals surface area contributed by atoms with E-state index >= 15 is 0 Å². The normalized spacial score (nSPS) is 16.9. The summed E-state index contributed by atoms with van der Waals surface area (Å²) in [6.45, 7) is 5.07. The fourth-order valence-corrected chi connectivity index (χ4v) is 2.85. The van der Waals surface area contributed by atoms with E-state index in [9.17, 15) is 4.79 Å². The lowest BCUT2D eigenvalue weighted by Crippen LogP contribution is -2.38. The average Bonchev–Trinajstić information content (AvgIpc) is 2.48. The van der Waals surface area contributed by atoms with Crippen molar-refractivity contribution < 1.29 is 4.79 Å². The Balaban J connectivity index is 2.00. The molecule has 0 aliphatic carbocycles. The third kappa shape index (κ3) is 4.17.